The number of carbonyl (C=O) groups is 1. The number of aliphatic hydroxyl groups excluding tert-OH is 1. The lowest BCUT2D eigenvalue weighted by atomic mass is 9.86. The van der Waals surface area contributed by atoms with Crippen LogP contribution in [0.4, 0.5) is 43.9 Å². The van der Waals surface area contributed by atoms with Gasteiger partial charge in [0.05, 0.1) is 6.61 Å². The number of halogens is 10. The van der Waals surface area contributed by atoms with Crippen LogP contribution >= 0.6 is 0 Å². The zero-order chi connectivity index (χ0) is 24.8. The Labute approximate surface area is 170 Å². The number of carbonyl (C=O) groups excluding carboxylic acids is 1. The molecule has 31 heavy (non-hydrogen) atoms. The van der Waals surface area contributed by atoms with Gasteiger partial charge in [0.15, 0.2) is 0 Å². The van der Waals surface area contributed by atoms with Gasteiger partial charge in [-0.15, -0.1) is 0 Å². The summed E-state index contributed by atoms with van der Waals surface area (Å²) in [6.07, 6.45) is -3.78. The summed E-state index contributed by atoms with van der Waals surface area (Å²) in [7, 11) is 0. The molecule has 1 atom stereocenters. The number of aliphatic hydroxyl groups is 1. The predicted octanol–water partition coefficient (Wildman–Crippen LogP) is 5.38. The van der Waals surface area contributed by atoms with Gasteiger partial charge < -0.3 is 9.84 Å². The molecular formula is C18H18F10O3. The van der Waals surface area contributed by atoms with Crippen LogP contribution in [0.5, 0.6) is 0 Å². The first kappa shape index (κ1) is 27.0. The molecule has 3 nitrogen and oxygen atoms in total. The fourth-order valence-corrected chi connectivity index (χ4v) is 2.93. The number of ether oxygens (including phenoxy) is 1. The molecule has 178 valence electrons. The van der Waals surface area contributed by atoms with E-state index in [0.717, 1.165) is 32.9 Å². The summed E-state index contributed by atoms with van der Waals surface area (Å²) in [6, 6.07) is 2.23. The summed E-state index contributed by atoms with van der Waals surface area (Å²) in [6.45, 7) is 3.35. The number of rotatable bonds is 8. The second-order valence-electron chi connectivity index (χ2n) is 6.86. The highest BCUT2D eigenvalue weighted by Crippen LogP contribution is 2.59. The molecule has 0 heterocycles. The quantitative estimate of drug-likeness (QED) is 0.408. The molecular weight excluding hydrogens is 454 g/mol. The minimum Gasteiger partial charge on any atom is -0.461 e. The van der Waals surface area contributed by atoms with Crippen molar-refractivity contribution in [3.05, 3.63) is 34.4 Å². The molecule has 1 unspecified atom stereocenters. The summed E-state index contributed by atoms with van der Waals surface area (Å²) >= 11 is 0. The molecule has 1 aromatic carbocycles. The second-order valence-corrected chi connectivity index (χ2v) is 6.86. The molecule has 0 aliphatic carbocycles. The number of benzene rings is 1. The van der Waals surface area contributed by atoms with Crippen LogP contribution in [0.1, 0.15) is 35.3 Å². The first-order valence-corrected chi connectivity index (χ1v) is 8.53. The first-order valence-electron chi connectivity index (χ1n) is 8.53. The molecule has 13 heteroatoms. The summed E-state index contributed by atoms with van der Waals surface area (Å²) in [4.78, 5) is 10.9. The third-order valence-electron chi connectivity index (χ3n) is 4.49. The van der Waals surface area contributed by atoms with E-state index in [1.807, 2.05) is 0 Å². The summed E-state index contributed by atoms with van der Waals surface area (Å²) < 4.78 is 143. The van der Waals surface area contributed by atoms with Gasteiger partial charge in [-0.05, 0) is 44.4 Å². The summed E-state index contributed by atoms with van der Waals surface area (Å²) in [5, 5.41) is 9.77. The zero-order valence-electron chi connectivity index (χ0n) is 16.5. The summed E-state index contributed by atoms with van der Waals surface area (Å²) in [5.41, 5.74) is -1.11. The van der Waals surface area contributed by atoms with Crippen molar-refractivity contribution in [2.24, 2.45) is 0 Å². The molecule has 0 aromatic heterocycles. The molecule has 1 N–H and O–H groups in total. The Hall–Kier alpha value is -2.05. The molecule has 1 rings (SSSR count). The highest BCUT2D eigenvalue weighted by molar-refractivity contribution is 5.79. The zero-order valence-corrected chi connectivity index (χ0v) is 16.5. The lowest BCUT2D eigenvalue weighted by molar-refractivity contribution is -0.406. The van der Waals surface area contributed by atoms with Gasteiger partial charge in [-0.3, -0.25) is 0 Å². The number of aryl methyl sites for hydroxylation is 3. The number of esters is 1. The second kappa shape index (κ2) is 8.14. The Morgan fingerprint density at radius 2 is 1.29 bits per heavy atom. The van der Waals surface area contributed by atoms with Gasteiger partial charge in [0.1, 0.15) is 6.10 Å². The van der Waals surface area contributed by atoms with E-state index < -0.39 is 53.9 Å². The fourth-order valence-electron chi connectivity index (χ4n) is 2.93. The Balaban J connectivity index is 3.59. The van der Waals surface area contributed by atoms with E-state index in [2.05, 4.69) is 4.74 Å². The molecule has 0 bridgehead atoms. The van der Waals surface area contributed by atoms with Crippen molar-refractivity contribution in [3.63, 3.8) is 0 Å². The van der Waals surface area contributed by atoms with E-state index in [9.17, 15) is 53.8 Å². The molecule has 0 fully saturated rings. The summed E-state index contributed by atoms with van der Waals surface area (Å²) in [5.74, 6) is -38.3. The average Bonchev–Trinajstić information content (AvgIpc) is 2.60. The van der Waals surface area contributed by atoms with Crippen molar-refractivity contribution >= 4 is 5.97 Å². The van der Waals surface area contributed by atoms with Gasteiger partial charge in [-0.25, -0.2) is 4.79 Å². The SMILES string of the molecule is CCOC(=O)C(F)(F)C(F)(F)C(F)(F)C(F)(F)C(F)(F)C(O)c1c(C)cc(C)cc1C. The number of hydrogen-bond acceptors (Lipinski definition) is 3. The van der Waals surface area contributed by atoms with E-state index in [1.165, 1.54) is 6.92 Å². The molecule has 0 radical (unpaired) electrons. The fraction of sp³-hybridized carbons (Fsp3) is 0.611. The largest absolute Gasteiger partial charge is 0.461 e. The van der Waals surface area contributed by atoms with Crippen molar-refractivity contribution in [1.82, 2.24) is 0 Å². The Bertz CT molecular complexity index is 813. The topological polar surface area (TPSA) is 46.5 Å². The van der Waals surface area contributed by atoms with Crippen LogP contribution in [0.25, 0.3) is 0 Å². The van der Waals surface area contributed by atoms with Crippen LogP contribution < -0.4 is 0 Å². The molecule has 0 saturated carbocycles. The van der Waals surface area contributed by atoms with E-state index >= 15 is 0 Å². The van der Waals surface area contributed by atoms with Crippen LogP contribution in [0.15, 0.2) is 12.1 Å². The smallest absolute Gasteiger partial charge is 0.410 e. The molecule has 0 aliphatic heterocycles. The van der Waals surface area contributed by atoms with Crippen molar-refractivity contribution in [1.29, 1.82) is 0 Å². The Morgan fingerprint density at radius 1 is 0.871 bits per heavy atom. The van der Waals surface area contributed by atoms with E-state index in [0.29, 0.717) is 5.56 Å². The highest BCUT2D eigenvalue weighted by atomic mass is 19.4. The maximum Gasteiger partial charge on any atom is 0.410 e. The standard InChI is InChI=1S/C18H18F10O3/c1-5-31-13(30)15(21,22)17(25,26)18(27,28)16(23,24)14(19,20)12(29)11-9(3)6-8(2)7-10(11)4/h6-7,12,29H,5H2,1-4H3. The Morgan fingerprint density at radius 3 is 1.68 bits per heavy atom. The van der Waals surface area contributed by atoms with Crippen molar-refractivity contribution in [2.45, 2.75) is 63.4 Å². The maximum atomic E-state index is 14.3. The van der Waals surface area contributed by atoms with Gasteiger partial charge in [0, 0.05) is 0 Å². The van der Waals surface area contributed by atoms with Gasteiger partial charge in [-0.1, -0.05) is 17.7 Å². The lowest BCUT2D eigenvalue weighted by Crippen LogP contribution is -2.69. The molecule has 0 aliphatic rings. The van der Waals surface area contributed by atoms with Gasteiger partial charge >= 0.3 is 35.6 Å². The van der Waals surface area contributed by atoms with E-state index in [4.69, 9.17) is 0 Å². The third-order valence-corrected chi connectivity index (χ3v) is 4.49. The van der Waals surface area contributed by atoms with Gasteiger partial charge in [0.2, 0.25) is 0 Å². The minimum atomic E-state index is -7.49. The van der Waals surface area contributed by atoms with Crippen molar-refractivity contribution in [2.75, 3.05) is 6.61 Å². The maximum absolute atomic E-state index is 14.3. The Kier molecular flexibility index (Phi) is 7.08. The first-order chi connectivity index (χ1) is 13.7. The van der Waals surface area contributed by atoms with Crippen LogP contribution in [0, 0.1) is 20.8 Å². The normalized spacial score (nSPS) is 15.1. The molecule has 0 amide bonds. The average molecular weight is 472 g/mol. The number of alkyl halides is 10. The highest BCUT2D eigenvalue weighted by Gasteiger charge is 2.89. The van der Waals surface area contributed by atoms with Crippen molar-refractivity contribution < 1.29 is 58.5 Å². The van der Waals surface area contributed by atoms with Crippen LogP contribution in [-0.2, 0) is 9.53 Å². The van der Waals surface area contributed by atoms with Gasteiger partial charge in [0.25, 0.3) is 0 Å². The molecule has 1 aromatic rings. The van der Waals surface area contributed by atoms with Gasteiger partial charge in [-0.2, -0.15) is 43.9 Å². The van der Waals surface area contributed by atoms with Crippen LogP contribution in [-0.4, -0.2) is 47.3 Å². The molecule has 0 saturated heterocycles. The minimum absolute atomic E-state index is 0.271. The lowest BCUT2D eigenvalue weighted by Gasteiger charge is -2.40. The third kappa shape index (κ3) is 3.96. The van der Waals surface area contributed by atoms with Crippen LogP contribution in [0.2, 0.25) is 0 Å². The van der Waals surface area contributed by atoms with E-state index in [-0.39, 0.29) is 11.1 Å². The monoisotopic (exact) mass is 472 g/mol. The van der Waals surface area contributed by atoms with Crippen LogP contribution in [0.3, 0.4) is 0 Å². The number of hydrogen-bond donors (Lipinski definition) is 1. The van der Waals surface area contributed by atoms with E-state index in [1.54, 1.807) is 0 Å². The predicted molar refractivity (Wildman–Crippen MR) is 87.0 cm³/mol. The van der Waals surface area contributed by atoms with Crippen molar-refractivity contribution in [3.8, 4) is 0 Å². The molecule has 0 spiro atoms.